The minimum Gasteiger partial charge on any atom is -0.508 e. The van der Waals surface area contributed by atoms with E-state index in [0.29, 0.717) is 0 Å². The second kappa shape index (κ2) is 3.89. The number of aromatic hydroxyl groups is 1. The summed E-state index contributed by atoms with van der Waals surface area (Å²) in [5.41, 5.74) is 0.00398. The number of hydrogen-bond donors (Lipinski definition) is 1. The van der Waals surface area contributed by atoms with Gasteiger partial charge < -0.3 is 5.11 Å². The van der Waals surface area contributed by atoms with Gasteiger partial charge in [-0.1, -0.05) is 12.1 Å². The zero-order valence-corrected chi connectivity index (χ0v) is 8.05. The lowest BCUT2D eigenvalue weighted by atomic mass is 10.0. The van der Waals surface area contributed by atoms with Crippen LogP contribution in [0.3, 0.4) is 0 Å². The Bertz CT molecular complexity index is 518. The van der Waals surface area contributed by atoms with Gasteiger partial charge in [-0.15, -0.1) is 0 Å². The highest BCUT2D eigenvalue weighted by atomic mass is 19.2. The molecule has 0 bridgehead atoms. The molecule has 1 N–H and O–H groups in total. The van der Waals surface area contributed by atoms with Gasteiger partial charge >= 0.3 is 0 Å². The number of benzene rings is 2. The third-order valence-corrected chi connectivity index (χ3v) is 2.15. The second-order valence-electron chi connectivity index (χ2n) is 3.30. The average Bonchev–Trinajstić information content (AvgIpc) is 2.20. The molecule has 0 aliphatic heterocycles. The highest BCUT2D eigenvalue weighted by Crippen LogP contribution is 2.28. The van der Waals surface area contributed by atoms with E-state index in [4.69, 9.17) is 5.11 Å². The van der Waals surface area contributed by atoms with E-state index in [-0.39, 0.29) is 16.9 Å². The first-order chi connectivity index (χ1) is 7.58. The molecule has 0 spiro atoms. The molecule has 2 aromatic carbocycles. The van der Waals surface area contributed by atoms with Crippen LogP contribution >= 0.6 is 0 Å². The molecule has 0 amide bonds. The molecule has 2 rings (SSSR count). The smallest absolute Gasteiger partial charge is 0.166 e. The number of phenols is 1. The molecule has 82 valence electrons. The molecule has 0 unspecified atom stereocenters. The van der Waals surface area contributed by atoms with Gasteiger partial charge in [0.25, 0.3) is 0 Å². The summed E-state index contributed by atoms with van der Waals surface area (Å²) in [7, 11) is 0. The molecular weight excluding hydrogens is 217 g/mol. The van der Waals surface area contributed by atoms with Crippen molar-refractivity contribution in [3.63, 3.8) is 0 Å². The van der Waals surface area contributed by atoms with Crippen LogP contribution < -0.4 is 0 Å². The minimum atomic E-state index is -1.06. The van der Waals surface area contributed by atoms with Gasteiger partial charge in [0.15, 0.2) is 11.6 Å². The average molecular weight is 224 g/mol. The third-order valence-electron chi connectivity index (χ3n) is 2.15. The van der Waals surface area contributed by atoms with Gasteiger partial charge in [-0.2, -0.15) is 0 Å². The van der Waals surface area contributed by atoms with E-state index in [9.17, 15) is 13.2 Å². The van der Waals surface area contributed by atoms with E-state index < -0.39 is 17.5 Å². The summed E-state index contributed by atoms with van der Waals surface area (Å²) in [5.74, 6) is -3.12. The van der Waals surface area contributed by atoms with Crippen LogP contribution in [0.15, 0.2) is 36.4 Å². The molecule has 4 heteroatoms. The molecule has 0 radical (unpaired) electrons. The van der Waals surface area contributed by atoms with Crippen LogP contribution in [-0.2, 0) is 0 Å². The molecule has 0 fully saturated rings. The maximum Gasteiger partial charge on any atom is 0.166 e. The summed E-state index contributed by atoms with van der Waals surface area (Å²) < 4.78 is 39.3. The number of hydrogen-bond acceptors (Lipinski definition) is 1. The van der Waals surface area contributed by atoms with Crippen molar-refractivity contribution >= 4 is 0 Å². The van der Waals surface area contributed by atoms with Crippen molar-refractivity contribution in [2.75, 3.05) is 0 Å². The van der Waals surface area contributed by atoms with Crippen molar-refractivity contribution < 1.29 is 18.3 Å². The van der Waals surface area contributed by atoms with E-state index in [1.807, 2.05) is 0 Å². The van der Waals surface area contributed by atoms with Crippen molar-refractivity contribution in [2.45, 2.75) is 0 Å². The van der Waals surface area contributed by atoms with E-state index >= 15 is 0 Å². The molecule has 0 aromatic heterocycles. The minimum absolute atomic E-state index is 0.0881. The van der Waals surface area contributed by atoms with Gasteiger partial charge in [-0.3, -0.25) is 0 Å². The van der Waals surface area contributed by atoms with E-state index in [1.54, 1.807) is 0 Å². The summed E-state index contributed by atoms with van der Waals surface area (Å²) in [4.78, 5) is 0. The molecule has 0 saturated carbocycles. The van der Waals surface area contributed by atoms with Crippen LogP contribution in [0, 0.1) is 17.5 Å². The van der Waals surface area contributed by atoms with Crippen LogP contribution in [0.25, 0.3) is 11.1 Å². The summed E-state index contributed by atoms with van der Waals surface area (Å²) in [6.45, 7) is 0. The lowest BCUT2D eigenvalue weighted by molar-refractivity contribution is 0.469. The molecular formula is C12H7F3O. The maximum absolute atomic E-state index is 13.4. The Labute approximate surface area is 89.8 Å². The third kappa shape index (κ3) is 1.86. The Morgan fingerprint density at radius 2 is 1.69 bits per heavy atom. The fraction of sp³-hybridized carbons (Fsp3) is 0. The molecule has 0 saturated heterocycles. The first kappa shape index (κ1) is 10.5. The monoisotopic (exact) mass is 224 g/mol. The molecule has 0 aliphatic carbocycles. The summed E-state index contributed by atoms with van der Waals surface area (Å²) in [6.07, 6.45) is 0. The SMILES string of the molecule is Oc1cc(F)cc(-c2cccc(F)c2F)c1. The first-order valence-electron chi connectivity index (χ1n) is 4.52. The predicted molar refractivity (Wildman–Crippen MR) is 53.4 cm³/mol. The van der Waals surface area contributed by atoms with Crippen LogP contribution in [0.4, 0.5) is 13.2 Å². The zero-order valence-electron chi connectivity index (χ0n) is 8.05. The van der Waals surface area contributed by atoms with Gasteiger partial charge in [0, 0.05) is 11.6 Å². The summed E-state index contributed by atoms with van der Waals surface area (Å²) in [5, 5.41) is 9.16. The predicted octanol–water partition coefficient (Wildman–Crippen LogP) is 3.48. The molecule has 2 aromatic rings. The maximum atomic E-state index is 13.4. The Balaban J connectivity index is 2.63. The first-order valence-corrected chi connectivity index (χ1v) is 4.52. The fourth-order valence-corrected chi connectivity index (χ4v) is 1.46. The van der Waals surface area contributed by atoms with Gasteiger partial charge in [0.1, 0.15) is 11.6 Å². The molecule has 1 nitrogen and oxygen atoms in total. The van der Waals surface area contributed by atoms with E-state index in [1.165, 1.54) is 18.2 Å². The van der Waals surface area contributed by atoms with Crippen molar-refractivity contribution in [1.82, 2.24) is 0 Å². The zero-order chi connectivity index (χ0) is 11.7. The van der Waals surface area contributed by atoms with Crippen molar-refractivity contribution in [3.05, 3.63) is 53.8 Å². The largest absolute Gasteiger partial charge is 0.508 e. The van der Waals surface area contributed by atoms with Crippen LogP contribution in [0.5, 0.6) is 5.75 Å². The molecule has 0 atom stereocenters. The van der Waals surface area contributed by atoms with Crippen molar-refractivity contribution in [3.8, 4) is 16.9 Å². The highest BCUT2D eigenvalue weighted by Gasteiger charge is 2.11. The lowest BCUT2D eigenvalue weighted by Crippen LogP contribution is -1.89. The van der Waals surface area contributed by atoms with Gasteiger partial charge in [0.2, 0.25) is 0 Å². The van der Waals surface area contributed by atoms with Crippen LogP contribution in [-0.4, -0.2) is 5.11 Å². The number of halogens is 3. The fourth-order valence-electron chi connectivity index (χ4n) is 1.46. The molecule has 16 heavy (non-hydrogen) atoms. The van der Waals surface area contributed by atoms with Gasteiger partial charge in [-0.25, -0.2) is 13.2 Å². The normalized spacial score (nSPS) is 10.4. The Kier molecular flexibility index (Phi) is 2.56. The second-order valence-corrected chi connectivity index (χ2v) is 3.30. The topological polar surface area (TPSA) is 20.2 Å². The van der Waals surface area contributed by atoms with Gasteiger partial charge in [0.05, 0.1) is 0 Å². The van der Waals surface area contributed by atoms with Crippen LogP contribution in [0.1, 0.15) is 0 Å². The Morgan fingerprint density at radius 3 is 2.38 bits per heavy atom. The molecule has 0 heterocycles. The summed E-state index contributed by atoms with van der Waals surface area (Å²) in [6, 6.07) is 6.68. The lowest BCUT2D eigenvalue weighted by Gasteiger charge is -2.05. The molecule has 0 aliphatic rings. The van der Waals surface area contributed by atoms with Crippen molar-refractivity contribution in [1.29, 1.82) is 0 Å². The summed E-state index contributed by atoms with van der Waals surface area (Å²) >= 11 is 0. The van der Waals surface area contributed by atoms with Crippen molar-refractivity contribution in [2.24, 2.45) is 0 Å². The van der Waals surface area contributed by atoms with Crippen LogP contribution in [0.2, 0.25) is 0 Å². The number of phenolic OH excluding ortho intramolecular Hbond substituents is 1. The number of rotatable bonds is 1. The highest BCUT2D eigenvalue weighted by molar-refractivity contribution is 5.65. The van der Waals surface area contributed by atoms with Gasteiger partial charge in [-0.05, 0) is 23.8 Å². The van der Waals surface area contributed by atoms with E-state index in [0.717, 1.165) is 18.2 Å². The quantitative estimate of drug-likeness (QED) is 0.786. The Hall–Kier alpha value is -1.97. The standard InChI is InChI=1S/C12H7F3O/c13-8-4-7(5-9(16)6-8)10-2-1-3-11(14)12(10)15/h1-6,16H. The Morgan fingerprint density at radius 1 is 0.938 bits per heavy atom. The van der Waals surface area contributed by atoms with E-state index in [2.05, 4.69) is 0 Å².